The Balaban J connectivity index is 1.34. The van der Waals surface area contributed by atoms with E-state index in [0.717, 1.165) is 14.0 Å². The summed E-state index contributed by atoms with van der Waals surface area (Å²) in [7, 11) is 1.41. The second-order valence-corrected chi connectivity index (χ2v) is 9.94. The first-order chi connectivity index (χ1) is 19.0. The van der Waals surface area contributed by atoms with Crippen LogP contribution in [0.2, 0.25) is 0 Å². The number of nitrogens with one attached hydrogen (secondary N) is 1. The molecule has 0 spiro atoms. The van der Waals surface area contributed by atoms with E-state index in [4.69, 9.17) is 5.26 Å². The van der Waals surface area contributed by atoms with Crippen LogP contribution in [0.3, 0.4) is 0 Å². The molecule has 1 aliphatic heterocycles. The zero-order valence-electron chi connectivity index (χ0n) is 21.1. The van der Waals surface area contributed by atoms with Gasteiger partial charge in [-0.25, -0.2) is 29.3 Å². The molecule has 5 rings (SSSR count). The van der Waals surface area contributed by atoms with E-state index < -0.39 is 42.0 Å². The predicted octanol–water partition coefficient (Wildman–Crippen LogP) is 2.06. The molecular formula is C23H21F3N10O3S. The molecule has 13 nitrogen and oxygen atoms in total. The van der Waals surface area contributed by atoms with Crippen LogP contribution in [0.25, 0.3) is 21.7 Å². The Bertz CT molecular complexity index is 1750. The summed E-state index contributed by atoms with van der Waals surface area (Å²) in [6.07, 6.45) is 0.0503. The summed E-state index contributed by atoms with van der Waals surface area (Å²) in [5, 5.41) is 13.7. The summed E-state index contributed by atoms with van der Waals surface area (Å²) in [5.41, 5.74) is -0.925. The Morgan fingerprint density at radius 3 is 2.67 bits per heavy atom. The molecule has 4 aromatic rings. The molecule has 4 aromatic heterocycles. The third kappa shape index (κ3) is 4.70. The number of rotatable bonds is 6. The van der Waals surface area contributed by atoms with Crippen molar-refractivity contribution in [3.05, 3.63) is 44.9 Å². The van der Waals surface area contributed by atoms with E-state index >= 15 is 0 Å². The standard InChI is InChI=1S/C23H21F3N10O3S/c1-12(36-11-30-17-16(36)20(38)35(7-5-27)22(39)33(17)2)18(37)31-15-10-40-19(32-15)13-8-28-21(29-9-13)34-6-3-4-14(34)23(24,25)26/h8-12,14H,3-4,6-7H2,1-2H3,(H,31,37)/t12-,14+/m0/s1. The van der Waals surface area contributed by atoms with Crippen molar-refractivity contribution in [3.63, 3.8) is 0 Å². The lowest BCUT2D eigenvalue weighted by Gasteiger charge is -2.26. The number of carbonyl (C=O) groups excluding carboxylic acids is 1. The first-order valence-electron chi connectivity index (χ1n) is 12.0. The molecule has 1 fully saturated rings. The number of imidazole rings is 1. The molecule has 40 heavy (non-hydrogen) atoms. The Morgan fingerprint density at radius 1 is 1.27 bits per heavy atom. The molecule has 0 bridgehead atoms. The minimum Gasteiger partial charge on any atom is -0.329 e. The van der Waals surface area contributed by atoms with Gasteiger partial charge in [-0.2, -0.15) is 18.4 Å². The number of thiazole rings is 1. The van der Waals surface area contributed by atoms with E-state index in [-0.39, 0.29) is 35.9 Å². The summed E-state index contributed by atoms with van der Waals surface area (Å²) < 4.78 is 43.1. The summed E-state index contributed by atoms with van der Waals surface area (Å²) in [5.74, 6) is -0.340. The first kappa shape index (κ1) is 27.0. The molecule has 1 N–H and O–H groups in total. The summed E-state index contributed by atoms with van der Waals surface area (Å²) in [6, 6.07) is -0.789. The average Bonchev–Trinajstić information content (AvgIpc) is 3.69. The van der Waals surface area contributed by atoms with E-state index in [1.807, 2.05) is 0 Å². The molecule has 1 saturated heterocycles. The normalized spacial score (nSPS) is 16.3. The number of nitrogens with zero attached hydrogens (tertiary/aromatic N) is 9. The zero-order valence-corrected chi connectivity index (χ0v) is 21.9. The van der Waals surface area contributed by atoms with Crippen LogP contribution in [-0.4, -0.2) is 58.3 Å². The molecule has 2 atom stereocenters. The van der Waals surface area contributed by atoms with Gasteiger partial charge in [-0.1, -0.05) is 0 Å². The average molecular weight is 575 g/mol. The fourth-order valence-corrected chi connectivity index (χ4v) is 5.27. The summed E-state index contributed by atoms with van der Waals surface area (Å²) >= 11 is 1.17. The highest BCUT2D eigenvalue weighted by Crippen LogP contribution is 2.35. The molecule has 0 unspecified atom stereocenters. The molecule has 208 valence electrons. The Hall–Kier alpha value is -4.59. The number of hydrogen-bond acceptors (Lipinski definition) is 10. The van der Waals surface area contributed by atoms with Gasteiger partial charge < -0.3 is 14.8 Å². The van der Waals surface area contributed by atoms with E-state index in [9.17, 15) is 27.6 Å². The van der Waals surface area contributed by atoms with Gasteiger partial charge >= 0.3 is 11.9 Å². The maximum absolute atomic E-state index is 13.3. The minimum absolute atomic E-state index is 0.00837. The molecule has 1 aliphatic rings. The van der Waals surface area contributed by atoms with Crippen molar-refractivity contribution < 1.29 is 18.0 Å². The van der Waals surface area contributed by atoms with Crippen LogP contribution in [0.5, 0.6) is 0 Å². The van der Waals surface area contributed by atoms with Crippen LogP contribution in [0, 0.1) is 11.3 Å². The zero-order chi connectivity index (χ0) is 28.8. The Kier molecular flexibility index (Phi) is 6.87. The van der Waals surface area contributed by atoms with Gasteiger partial charge in [0.05, 0.1) is 12.4 Å². The molecule has 0 saturated carbocycles. The second kappa shape index (κ2) is 10.2. The highest BCUT2D eigenvalue weighted by molar-refractivity contribution is 7.13. The molecule has 0 radical (unpaired) electrons. The molecule has 5 heterocycles. The largest absolute Gasteiger partial charge is 0.408 e. The lowest BCUT2D eigenvalue weighted by molar-refractivity contribution is -0.146. The summed E-state index contributed by atoms with van der Waals surface area (Å²) in [4.78, 5) is 56.2. The SMILES string of the molecule is C[C@@H](C(=O)Nc1csc(-c2cnc(N3CCC[C@@H]3C(F)(F)F)nc2)n1)n1cnc2c1c(=O)n(CC#N)c(=O)n2C. The van der Waals surface area contributed by atoms with Crippen LogP contribution in [0.15, 0.2) is 33.7 Å². The van der Waals surface area contributed by atoms with E-state index in [1.54, 1.807) is 11.4 Å². The number of nitriles is 1. The van der Waals surface area contributed by atoms with Gasteiger partial charge in [-0.05, 0) is 19.8 Å². The number of hydrogen-bond donors (Lipinski definition) is 1. The number of aromatic nitrogens is 7. The fourth-order valence-electron chi connectivity index (χ4n) is 4.54. The molecular weight excluding hydrogens is 553 g/mol. The number of halogens is 3. The van der Waals surface area contributed by atoms with Crippen molar-refractivity contribution in [2.75, 3.05) is 16.8 Å². The molecule has 17 heteroatoms. The van der Waals surface area contributed by atoms with Crippen molar-refractivity contribution in [1.29, 1.82) is 5.26 Å². The van der Waals surface area contributed by atoms with Crippen LogP contribution in [-0.2, 0) is 18.4 Å². The third-order valence-corrected chi connectivity index (χ3v) is 7.50. The summed E-state index contributed by atoms with van der Waals surface area (Å²) in [6.45, 7) is 1.28. The lowest BCUT2D eigenvalue weighted by atomic mass is 10.2. The van der Waals surface area contributed by atoms with Gasteiger partial charge in [-0.15, -0.1) is 11.3 Å². The lowest BCUT2D eigenvalue weighted by Crippen LogP contribution is -2.42. The monoisotopic (exact) mass is 574 g/mol. The van der Waals surface area contributed by atoms with E-state index in [2.05, 4.69) is 25.3 Å². The number of amides is 1. The van der Waals surface area contributed by atoms with E-state index in [0.29, 0.717) is 17.0 Å². The van der Waals surface area contributed by atoms with Gasteiger partial charge in [0.15, 0.2) is 11.2 Å². The highest BCUT2D eigenvalue weighted by atomic mass is 32.1. The van der Waals surface area contributed by atoms with E-state index in [1.165, 1.54) is 48.6 Å². The van der Waals surface area contributed by atoms with Gasteiger partial charge in [0.2, 0.25) is 11.9 Å². The highest BCUT2D eigenvalue weighted by Gasteiger charge is 2.46. The Morgan fingerprint density at radius 2 is 2.00 bits per heavy atom. The number of aryl methyl sites for hydroxylation is 1. The maximum atomic E-state index is 13.3. The van der Waals surface area contributed by atoms with Gasteiger partial charge in [-0.3, -0.25) is 14.2 Å². The predicted molar refractivity (Wildman–Crippen MR) is 138 cm³/mol. The fraction of sp³-hybridized carbons (Fsp3) is 0.391. The smallest absolute Gasteiger partial charge is 0.329 e. The van der Waals surface area contributed by atoms with Gasteiger partial charge in [0, 0.05) is 36.9 Å². The van der Waals surface area contributed by atoms with Crippen LogP contribution >= 0.6 is 11.3 Å². The number of carbonyl (C=O) groups is 1. The number of alkyl halides is 3. The molecule has 0 aromatic carbocycles. The quantitative estimate of drug-likeness (QED) is 0.364. The topological polar surface area (TPSA) is 157 Å². The maximum Gasteiger partial charge on any atom is 0.408 e. The first-order valence-corrected chi connectivity index (χ1v) is 12.8. The van der Waals surface area contributed by atoms with Crippen LogP contribution in [0.1, 0.15) is 25.8 Å². The van der Waals surface area contributed by atoms with Gasteiger partial charge in [0.1, 0.15) is 29.5 Å². The molecule has 1 amide bonds. The second-order valence-electron chi connectivity index (χ2n) is 9.08. The van der Waals surface area contributed by atoms with Gasteiger partial charge in [0.25, 0.3) is 5.56 Å². The van der Waals surface area contributed by atoms with Crippen molar-refractivity contribution >= 4 is 40.2 Å². The van der Waals surface area contributed by atoms with Crippen molar-refractivity contribution in [2.45, 2.75) is 44.6 Å². The molecule has 0 aliphatic carbocycles. The van der Waals surface area contributed by atoms with Crippen molar-refractivity contribution in [1.82, 2.24) is 33.6 Å². The third-order valence-electron chi connectivity index (χ3n) is 6.61. The van der Waals surface area contributed by atoms with Crippen LogP contribution < -0.4 is 21.5 Å². The van der Waals surface area contributed by atoms with Crippen LogP contribution in [0.4, 0.5) is 24.9 Å². The number of fused-ring (bicyclic) bond motifs is 1. The van der Waals surface area contributed by atoms with Crippen molar-refractivity contribution in [3.8, 4) is 16.6 Å². The minimum atomic E-state index is -4.37. The van der Waals surface area contributed by atoms with Crippen molar-refractivity contribution in [2.24, 2.45) is 7.05 Å². The number of anilines is 2. The Labute approximate surface area is 227 Å².